The second-order valence-electron chi connectivity index (χ2n) is 3.93. The Labute approximate surface area is 106 Å². The monoisotopic (exact) mass is 251 g/mol. The third-order valence-corrected chi connectivity index (χ3v) is 2.73. The molecule has 5 heteroatoms. The van der Waals surface area contributed by atoms with E-state index in [-0.39, 0.29) is 18.5 Å². The molecule has 1 aromatic heterocycles. The summed E-state index contributed by atoms with van der Waals surface area (Å²) in [6, 6.07) is 7.81. The van der Waals surface area contributed by atoms with Crippen LogP contribution in [0.15, 0.2) is 30.5 Å². The minimum atomic E-state index is 0. The van der Waals surface area contributed by atoms with Crippen molar-refractivity contribution in [2.45, 2.75) is 12.5 Å². The molecule has 1 aliphatic rings. The van der Waals surface area contributed by atoms with Crippen molar-refractivity contribution in [2.75, 3.05) is 13.1 Å². The molecule has 0 radical (unpaired) electrons. The van der Waals surface area contributed by atoms with Crippen molar-refractivity contribution in [2.24, 2.45) is 0 Å². The molecule has 0 amide bonds. The number of fused-ring (bicyclic) bond motifs is 1. The highest BCUT2D eigenvalue weighted by Crippen LogP contribution is 2.15. The van der Waals surface area contributed by atoms with E-state index in [1.54, 1.807) is 6.20 Å². The highest BCUT2D eigenvalue weighted by atomic mass is 35.5. The van der Waals surface area contributed by atoms with Crippen LogP contribution in [0.3, 0.4) is 0 Å². The molecular formula is C12H14ClN3O. The van der Waals surface area contributed by atoms with Crippen LogP contribution in [0.25, 0.3) is 11.0 Å². The van der Waals surface area contributed by atoms with Gasteiger partial charge in [-0.25, -0.2) is 9.97 Å². The minimum Gasteiger partial charge on any atom is -0.472 e. The summed E-state index contributed by atoms with van der Waals surface area (Å²) in [7, 11) is 0. The third-order valence-electron chi connectivity index (χ3n) is 2.73. The summed E-state index contributed by atoms with van der Waals surface area (Å²) in [5.41, 5.74) is 1.78. The van der Waals surface area contributed by atoms with Crippen molar-refractivity contribution in [3.63, 3.8) is 0 Å². The van der Waals surface area contributed by atoms with Crippen molar-refractivity contribution >= 4 is 23.4 Å². The van der Waals surface area contributed by atoms with Gasteiger partial charge in [0.15, 0.2) is 0 Å². The lowest BCUT2D eigenvalue weighted by molar-refractivity contribution is 0.214. The zero-order chi connectivity index (χ0) is 10.8. The standard InChI is InChI=1S/C12H13N3O.ClH/c1-2-4-11-10(3-1)14-8-12(15-11)16-9-5-6-13-7-9;/h1-4,8-9,13H,5-7H2;1H. The highest BCUT2D eigenvalue weighted by molar-refractivity contribution is 5.85. The molecule has 3 rings (SSSR count). The third kappa shape index (κ3) is 2.65. The van der Waals surface area contributed by atoms with E-state index in [2.05, 4.69) is 15.3 Å². The number of hydrogen-bond donors (Lipinski definition) is 1. The molecule has 17 heavy (non-hydrogen) atoms. The van der Waals surface area contributed by atoms with Gasteiger partial charge in [0.25, 0.3) is 0 Å². The number of nitrogens with one attached hydrogen (secondary N) is 1. The minimum absolute atomic E-state index is 0. The van der Waals surface area contributed by atoms with Crippen LogP contribution in [-0.4, -0.2) is 29.2 Å². The zero-order valence-electron chi connectivity index (χ0n) is 9.30. The molecule has 1 unspecified atom stereocenters. The summed E-state index contributed by atoms with van der Waals surface area (Å²) in [6.45, 7) is 1.92. The van der Waals surface area contributed by atoms with Gasteiger partial charge >= 0.3 is 0 Å². The van der Waals surface area contributed by atoms with Gasteiger partial charge in [-0.05, 0) is 25.1 Å². The van der Waals surface area contributed by atoms with Gasteiger partial charge in [0.05, 0.1) is 17.2 Å². The normalized spacial score (nSPS) is 18.9. The zero-order valence-corrected chi connectivity index (χ0v) is 10.1. The van der Waals surface area contributed by atoms with Gasteiger partial charge in [0.1, 0.15) is 6.10 Å². The summed E-state index contributed by atoms with van der Waals surface area (Å²) >= 11 is 0. The average Bonchev–Trinajstić information content (AvgIpc) is 2.82. The van der Waals surface area contributed by atoms with E-state index in [4.69, 9.17) is 4.74 Å². The van der Waals surface area contributed by atoms with Crippen molar-refractivity contribution in [1.82, 2.24) is 15.3 Å². The molecule has 1 aliphatic heterocycles. The Kier molecular flexibility index (Phi) is 3.76. The molecule has 90 valence electrons. The molecule has 2 aromatic rings. The molecular weight excluding hydrogens is 238 g/mol. The molecule has 2 heterocycles. The quantitative estimate of drug-likeness (QED) is 0.884. The Morgan fingerprint density at radius 1 is 1.24 bits per heavy atom. The predicted octanol–water partition coefficient (Wildman–Crippen LogP) is 1.79. The van der Waals surface area contributed by atoms with Gasteiger partial charge in [-0.1, -0.05) is 12.1 Å². The maximum atomic E-state index is 5.75. The Balaban J connectivity index is 0.00000108. The van der Waals surface area contributed by atoms with Gasteiger partial charge in [-0.15, -0.1) is 12.4 Å². The van der Waals surface area contributed by atoms with Crippen LogP contribution in [-0.2, 0) is 0 Å². The van der Waals surface area contributed by atoms with Crippen LogP contribution in [0.5, 0.6) is 5.88 Å². The van der Waals surface area contributed by atoms with E-state index in [0.717, 1.165) is 30.5 Å². The molecule has 1 N–H and O–H groups in total. The highest BCUT2D eigenvalue weighted by Gasteiger charge is 2.16. The fraction of sp³-hybridized carbons (Fsp3) is 0.333. The lowest BCUT2D eigenvalue weighted by atomic mass is 10.3. The molecule has 1 atom stereocenters. The second-order valence-corrected chi connectivity index (χ2v) is 3.93. The number of nitrogens with zero attached hydrogens (tertiary/aromatic N) is 2. The molecule has 1 fully saturated rings. The number of rotatable bonds is 2. The molecule has 0 aliphatic carbocycles. The van der Waals surface area contributed by atoms with Crippen LogP contribution in [0, 0.1) is 0 Å². The first-order chi connectivity index (χ1) is 7.92. The topological polar surface area (TPSA) is 47.0 Å². The summed E-state index contributed by atoms with van der Waals surface area (Å²) in [4.78, 5) is 8.74. The number of benzene rings is 1. The van der Waals surface area contributed by atoms with Crippen LogP contribution in [0.4, 0.5) is 0 Å². The van der Waals surface area contributed by atoms with Gasteiger partial charge in [0, 0.05) is 6.54 Å². The van der Waals surface area contributed by atoms with Crippen molar-refractivity contribution < 1.29 is 4.74 Å². The summed E-state index contributed by atoms with van der Waals surface area (Å²) in [5.74, 6) is 0.618. The van der Waals surface area contributed by atoms with Crippen LogP contribution in [0.2, 0.25) is 0 Å². The van der Waals surface area contributed by atoms with E-state index < -0.39 is 0 Å². The van der Waals surface area contributed by atoms with Crippen LogP contribution >= 0.6 is 12.4 Å². The maximum absolute atomic E-state index is 5.75. The molecule has 0 spiro atoms. The van der Waals surface area contributed by atoms with Crippen molar-refractivity contribution in [3.05, 3.63) is 30.5 Å². The van der Waals surface area contributed by atoms with Crippen LogP contribution in [0.1, 0.15) is 6.42 Å². The van der Waals surface area contributed by atoms with E-state index in [9.17, 15) is 0 Å². The van der Waals surface area contributed by atoms with E-state index in [1.165, 1.54) is 0 Å². The largest absolute Gasteiger partial charge is 0.472 e. The van der Waals surface area contributed by atoms with E-state index >= 15 is 0 Å². The first kappa shape index (κ1) is 12.1. The number of hydrogen-bond acceptors (Lipinski definition) is 4. The molecule has 0 saturated carbocycles. The molecule has 1 saturated heterocycles. The summed E-state index contributed by atoms with van der Waals surface area (Å²) < 4.78 is 5.75. The molecule has 1 aromatic carbocycles. The maximum Gasteiger partial charge on any atom is 0.233 e. The van der Waals surface area contributed by atoms with Gasteiger partial charge < -0.3 is 10.1 Å². The predicted molar refractivity (Wildman–Crippen MR) is 68.7 cm³/mol. The number of ether oxygens (including phenoxy) is 1. The Morgan fingerprint density at radius 3 is 2.82 bits per heavy atom. The summed E-state index contributed by atoms with van der Waals surface area (Å²) in [6.07, 6.45) is 2.96. The van der Waals surface area contributed by atoms with Gasteiger partial charge in [-0.2, -0.15) is 0 Å². The number of halogens is 1. The van der Waals surface area contributed by atoms with Gasteiger partial charge in [0.2, 0.25) is 5.88 Å². The fourth-order valence-electron chi connectivity index (χ4n) is 1.90. The Hall–Kier alpha value is -1.39. The Morgan fingerprint density at radius 2 is 2.06 bits per heavy atom. The first-order valence-electron chi connectivity index (χ1n) is 5.51. The second kappa shape index (κ2) is 5.29. The SMILES string of the molecule is Cl.c1ccc2nc(OC3CCNC3)cnc2c1. The lowest BCUT2D eigenvalue weighted by Crippen LogP contribution is -2.20. The van der Waals surface area contributed by atoms with Crippen molar-refractivity contribution in [1.29, 1.82) is 0 Å². The molecule has 4 nitrogen and oxygen atoms in total. The van der Waals surface area contributed by atoms with E-state index in [1.807, 2.05) is 24.3 Å². The Bertz CT molecular complexity index is 500. The number of aromatic nitrogens is 2. The fourth-order valence-corrected chi connectivity index (χ4v) is 1.90. The summed E-state index contributed by atoms with van der Waals surface area (Å²) in [5, 5.41) is 3.26. The van der Waals surface area contributed by atoms with Crippen LogP contribution < -0.4 is 10.1 Å². The first-order valence-corrected chi connectivity index (χ1v) is 5.51. The lowest BCUT2D eigenvalue weighted by Gasteiger charge is -2.11. The number of para-hydroxylation sites is 2. The molecule has 0 bridgehead atoms. The van der Waals surface area contributed by atoms with Gasteiger partial charge in [-0.3, -0.25) is 0 Å². The average molecular weight is 252 g/mol. The van der Waals surface area contributed by atoms with E-state index in [0.29, 0.717) is 5.88 Å². The van der Waals surface area contributed by atoms with Crippen molar-refractivity contribution in [3.8, 4) is 5.88 Å². The smallest absolute Gasteiger partial charge is 0.233 e.